The van der Waals surface area contributed by atoms with Gasteiger partial charge in [0.1, 0.15) is 5.75 Å². The lowest BCUT2D eigenvalue weighted by Crippen LogP contribution is -2.16. The van der Waals surface area contributed by atoms with E-state index in [0.29, 0.717) is 0 Å². The molecule has 1 rings (SSSR count). The Kier molecular flexibility index (Phi) is 5.76. The van der Waals surface area contributed by atoms with Gasteiger partial charge in [-0.05, 0) is 12.1 Å². The van der Waals surface area contributed by atoms with Crippen molar-refractivity contribution in [1.29, 1.82) is 0 Å². The molecule has 0 saturated carbocycles. The fourth-order valence-corrected chi connectivity index (χ4v) is 0.622. The largest absolute Gasteiger partial charge is 0.573 e. The lowest BCUT2D eigenvalue weighted by atomic mass is 10.3. The van der Waals surface area contributed by atoms with E-state index < -0.39 is 12.5 Å². The molecule has 0 unspecified atom stereocenters. The molecule has 0 aromatic heterocycles. The van der Waals surface area contributed by atoms with E-state index in [2.05, 4.69) is 15.2 Å². The average molecular weight is 237 g/mol. The van der Waals surface area contributed by atoms with Gasteiger partial charge in [0, 0.05) is 0 Å². The molecule has 0 radical (unpaired) electrons. The van der Waals surface area contributed by atoms with E-state index in [-0.39, 0.29) is 5.75 Å². The summed E-state index contributed by atoms with van der Waals surface area (Å²) in [7, 11) is 1.22. The van der Waals surface area contributed by atoms with Crippen LogP contribution in [0, 0.1) is 0 Å². The fraction of sp³-hybridized carbons (Fsp3) is 0.222. The number of para-hydroxylation sites is 1. The molecule has 7 heteroatoms. The second-order valence-corrected chi connectivity index (χ2v) is 2.38. The lowest BCUT2D eigenvalue weighted by molar-refractivity contribution is -0.274. The average Bonchev–Trinajstić information content (AvgIpc) is 2.17. The molecule has 1 amide bonds. The maximum Gasteiger partial charge on any atom is 0.573 e. The van der Waals surface area contributed by atoms with Crippen molar-refractivity contribution >= 4 is 6.09 Å². The van der Waals surface area contributed by atoms with Gasteiger partial charge in [0.05, 0.1) is 7.11 Å². The van der Waals surface area contributed by atoms with Gasteiger partial charge in [-0.25, -0.2) is 4.79 Å². The van der Waals surface area contributed by atoms with Crippen molar-refractivity contribution in [2.45, 2.75) is 6.36 Å². The number of hydrogen-bond acceptors (Lipinski definition) is 3. The predicted molar refractivity (Wildman–Crippen MR) is 49.7 cm³/mol. The summed E-state index contributed by atoms with van der Waals surface area (Å²) < 4.78 is 42.0. The minimum absolute atomic E-state index is 0.194. The molecule has 4 nitrogen and oxygen atoms in total. The van der Waals surface area contributed by atoms with Crippen molar-refractivity contribution < 1.29 is 27.4 Å². The summed E-state index contributed by atoms with van der Waals surface area (Å²) in [5.74, 6) is -0.194. The summed E-state index contributed by atoms with van der Waals surface area (Å²) in [6.07, 6.45) is -5.34. The highest BCUT2D eigenvalue weighted by molar-refractivity contribution is 5.64. The Morgan fingerprint density at radius 3 is 2.00 bits per heavy atom. The van der Waals surface area contributed by atoms with Crippen molar-refractivity contribution in [3.8, 4) is 5.75 Å². The molecule has 1 aromatic carbocycles. The van der Waals surface area contributed by atoms with Crippen LogP contribution in [0.25, 0.3) is 0 Å². The Morgan fingerprint density at radius 2 is 1.69 bits per heavy atom. The maximum atomic E-state index is 11.5. The molecule has 0 atom stereocenters. The van der Waals surface area contributed by atoms with Crippen molar-refractivity contribution in [2.75, 3.05) is 7.11 Å². The first-order valence-corrected chi connectivity index (χ1v) is 3.99. The first kappa shape index (κ1) is 14.1. The standard InChI is InChI=1S/C7H5F3O.C2H5NO2/c8-7(9,10)11-6-4-2-1-3-5-6;1-5-2(3)4/h1-5H;1H3,(H2,3,4). The maximum absolute atomic E-state index is 11.5. The highest BCUT2D eigenvalue weighted by atomic mass is 19.4. The van der Waals surface area contributed by atoms with Gasteiger partial charge < -0.3 is 15.2 Å². The summed E-state index contributed by atoms with van der Waals surface area (Å²) in [5.41, 5.74) is 4.43. The molecule has 0 heterocycles. The number of carbonyl (C=O) groups is 1. The molecule has 0 bridgehead atoms. The minimum Gasteiger partial charge on any atom is -0.453 e. The first-order chi connectivity index (χ1) is 7.35. The summed E-state index contributed by atoms with van der Waals surface area (Å²) in [6.45, 7) is 0. The lowest BCUT2D eigenvalue weighted by Gasteiger charge is -2.07. The second kappa shape index (κ2) is 6.54. The molecule has 0 spiro atoms. The zero-order valence-electron chi connectivity index (χ0n) is 8.32. The summed E-state index contributed by atoms with van der Waals surface area (Å²) in [6, 6.07) is 7.05. The summed E-state index contributed by atoms with van der Waals surface area (Å²) >= 11 is 0. The zero-order valence-corrected chi connectivity index (χ0v) is 8.32. The summed E-state index contributed by atoms with van der Waals surface area (Å²) in [4.78, 5) is 9.37. The van der Waals surface area contributed by atoms with Gasteiger partial charge in [0.25, 0.3) is 0 Å². The molecule has 16 heavy (non-hydrogen) atoms. The predicted octanol–water partition coefficient (Wildman–Crippen LogP) is 2.30. The molecule has 0 fully saturated rings. The third kappa shape index (κ3) is 8.67. The van der Waals surface area contributed by atoms with Crippen LogP contribution < -0.4 is 10.5 Å². The fourth-order valence-electron chi connectivity index (χ4n) is 0.622. The van der Waals surface area contributed by atoms with Crippen LogP contribution in [-0.4, -0.2) is 19.6 Å². The van der Waals surface area contributed by atoms with Crippen LogP contribution in [0.3, 0.4) is 0 Å². The van der Waals surface area contributed by atoms with Crippen LogP contribution in [0.1, 0.15) is 0 Å². The van der Waals surface area contributed by atoms with E-state index in [1.54, 1.807) is 6.07 Å². The number of halogens is 3. The Hall–Kier alpha value is -1.92. The van der Waals surface area contributed by atoms with Crippen LogP contribution in [0.4, 0.5) is 18.0 Å². The van der Waals surface area contributed by atoms with E-state index in [9.17, 15) is 18.0 Å². The van der Waals surface area contributed by atoms with Crippen LogP contribution in [0.2, 0.25) is 0 Å². The SMILES string of the molecule is COC(N)=O.FC(F)(F)Oc1ccccc1. The molecular weight excluding hydrogens is 227 g/mol. The number of methoxy groups -OCH3 is 1. The highest BCUT2D eigenvalue weighted by Crippen LogP contribution is 2.21. The minimum atomic E-state index is -4.60. The zero-order chi connectivity index (χ0) is 12.6. The van der Waals surface area contributed by atoms with Gasteiger partial charge in [-0.15, -0.1) is 13.2 Å². The van der Waals surface area contributed by atoms with Gasteiger partial charge in [0.2, 0.25) is 0 Å². The second-order valence-electron chi connectivity index (χ2n) is 2.38. The highest BCUT2D eigenvalue weighted by Gasteiger charge is 2.30. The van der Waals surface area contributed by atoms with Gasteiger partial charge in [-0.3, -0.25) is 0 Å². The molecule has 2 N–H and O–H groups in total. The molecule has 90 valence electrons. The molecule has 0 saturated heterocycles. The van der Waals surface area contributed by atoms with Crippen LogP contribution >= 0.6 is 0 Å². The number of amides is 1. The van der Waals surface area contributed by atoms with Crippen LogP contribution in [0.5, 0.6) is 5.75 Å². The number of benzene rings is 1. The van der Waals surface area contributed by atoms with Crippen molar-refractivity contribution in [2.24, 2.45) is 5.73 Å². The molecule has 1 aromatic rings. The van der Waals surface area contributed by atoms with Crippen LogP contribution in [0.15, 0.2) is 30.3 Å². The van der Waals surface area contributed by atoms with Crippen molar-refractivity contribution in [3.05, 3.63) is 30.3 Å². The number of carbonyl (C=O) groups excluding carboxylic acids is 1. The Bertz CT molecular complexity index is 314. The van der Waals surface area contributed by atoms with Crippen LogP contribution in [-0.2, 0) is 4.74 Å². The number of rotatable bonds is 1. The van der Waals surface area contributed by atoms with Crippen molar-refractivity contribution in [3.63, 3.8) is 0 Å². The number of primary amides is 1. The molecule has 0 aliphatic heterocycles. The van der Waals surface area contributed by atoms with Gasteiger partial charge in [-0.2, -0.15) is 0 Å². The first-order valence-electron chi connectivity index (χ1n) is 3.99. The molecule has 0 aliphatic carbocycles. The number of nitrogens with two attached hydrogens (primary N) is 1. The third-order valence-corrected chi connectivity index (χ3v) is 1.18. The van der Waals surface area contributed by atoms with Gasteiger partial charge >= 0.3 is 12.5 Å². The van der Waals surface area contributed by atoms with E-state index in [4.69, 9.17) is 0 Å². The Balaban J connectivity index is 0.000000385. The quantitative estimate of drug-likeness (QED) is 0.815. The number of alkyl halides is 3. The van der Waals surface area contributed by atoms with E-state index in [1.165, 1.54) is 31.4 Å². The topological polar surface area (TPSA) is 61.5 Å². The van der Waals surface area contributed by atoms with Crippen molar-refractivity contribution in [1.82, 2.24) is 0 Å². The number of ether oxygens (including phenoxy) is 2. The third-order valence-electron chi connectivity index (χ3n) is 1.18. The smallest absolute Gasteiger partial charge is 0.453 e. The molecule has 0 aliphatic rings. The summed E-state index contributed by atoms with van der Waals surface area (Å²) in [5, 5.41) is 0. The number of hydrogen-bond donors (Lipinski definition) is 1. The van der Waals surface area contributed by atoms with E-state index >= 15 is 0 Å². The van der Waals surface area contributed by atoms with E-state index in [1.807, 2.05) is 0 Å². The van der Waals surface area contributed by atoms with E-state index in [0.717, 1.165) is 0 Å². The monoisotopic (exact) mass is 237 g/mol. The van der Waals surface area contributed by atoms with Gasteiger partial charge in [0.15, 0.2) is 0 Å². The Morgan fingerprint density at radius 1 is 1.25 bits per heavy atom. The Labute approximate surface area is 89.8 Å². The van der Waals surface area contributed by atoms with Gasteiger partial charge in [-0.1, -0.05) is 18.2 Å². The molecular formula is C9H10F3NO3. The normalized spacial score (nSPS) is 9.75.